The van der Waals surface area contributed by atoms with Gasteiger partial charge < -0.3 is 0 Å². The summed E-state index contributed by atoms with van der Waals surface area (Å²) in [6.45, 7) is 4.24. The molecule has 0 radical (unpaired) electrons. The van der Waals surface area contributed by atoms with Crippen LogP contribution in [0.3, 0.4) is 0 Å². The van der Waals surface area contributed by atoms with Gasteiger partial charge in [0.1, 0.15) is 5.82 Å². The van der Waals surface area contributed by atoms with Crippen LogP contribution in [0.25, 0.3) is 39.4 Å². The lowest BCUT2D eigenvalue weighted by atomic mass is 10.1. The molecule has 0 spiro atoms. The predicted molar refractivity (Wildman–Crippen MR) is 117 cm³/mol. The largest absolute Gasteiger partial charge is 0.275 e. The zero-order chi connectivity index (χ0) is 19.3. The standard InChI is InChI=1S/C23H17BrN4/c1-14-10-11-18(12-15(14)2)28-22(16-6-5-7-17(24)13-16)27-21-23(28)26-20-9-4-3-8-19(20)25-21/h3-13H,1-2H3. The van der Waals surface area contributed by atoms with E-state index in [-0.39, 0.29) is 0 Å². The fraction of sp³-hybridized carbons (Fsp3) is 0.0870. The summed E-state index contributed by atoms with van der Waals surface area (Å²) in [5, 5.41) is 0. The van der Waals surface area contributed by atoms with E-state index in [4.69, 9.17) is 15.0 Å². The van der Waals surface area contributed by atoms with E-state index in [1.807, 2.05) is 36.4 Å². The van der Waals surface area contributed by atoms with Crippen molar-refractivity contribution in [2.24, 2.45) is 0 Å². The highest BCUT2D eigenvalue weighted by Gasteiger charge is 2.18. The third-order valence-electron chi connectivity index (χ3n) is 5.00. The molecule has 0 amide bonds. The molecule has 2 aromatic heterocycles. The van der Waals surface area contributed by atoms with Crippen LogP contribution in [-0.2, 0) is 0 Å². The number of benzene rings is 3. The van der Waals surface area contributed by atoms with Gasteiger partial charge in [0.25, 0.3) is 0 Å². The number of imidazole rings is 1. The first-order valence-corrected chi connectivity index (χ1v) is 9.88. The van der Waals surface area contributed by atoms with E-state index in [9.17, 15) is 0 Å². The minimum absolute atomic E-state index is 0.645. The van der Waals surface area contributed by atoms with Crippen LogP contribution in [0.4, 0.5) is 0 Å². The van der Waals surface area contributed by atoms with Crippen molar-refractivity contribution in [3.05, 3.63) is 82.3 Å². The van der Waals surface area contributed by atoms with E-state index < -0.39 is 0 Å². The van der Waals surface area contributed by atoms with E-state index in [0.29, 0.717) is 5.65 Å². The molecule has 4 nitrogen and oxygen atoms in total. The summed E-state index contributed by atoms with van der Waals surface area (Å²) in [5.41, 5.74) is 7.65. The Bertz CT molecular complexity index is 1350. The van der Waals surface area contributed by atoms with Crippen LogP contribution < -0.4 is 0 Å². The van der Waals surface area contributed by atoms with Crippen LogP contribution >= 0.6 is 15.9 Å². The zero-order valence-corrected chi connectivity index (χ0v) is 17.1. The number of para-hydroxylation sites is 2. The highest BCUT2D eigenvalue weighted by Crippen LogP contribution is 2.30. The molecule has 5 heteroatoms. The maximum Gasteiger partial charge on any atom is 0.199 e. The predicted octanol–water partition coefficient (Wildman–Crippen LogP) is 6.02. The van der Waals surface area contributed by atoms with E-state index in [1.165, 1.54) is 11.1 Å². The summed E-state index contributed by atoms with van der Waals surface area (Å²) in [5.74, 6) is 0.829. The number of nitrogens with zero attached hydrogens (tertiary/aromatic N) is 4. The molecule has 5 rings (SSSR count). The molecule has 0 aliphatic rings. The van der Waals surface area contributed by atoms with Gasteiger partial charge in [-0.25, -0.2) is 15.0 Å². The van der Waals surface area contributed by atoms with Crippen molar-refractivity contribution in [3.8, 4) is 17.1 Å². The van der Waals surface area contributed by atoms with Crippen LogP contribution in [0.2, 0.25) is 0 Å². The van der Waals surface area contributed by atoms with Crippen molar-refractivity contribution in [1.29, 1.82) is 0 Å². The first-order valence-electron chi connectivity index (χ1n) is 9.09. The Balaban J connectivity index is 1.89. The molecule has 2 heterocycles. The van der Waals surface area contributed by atoms with E-state index in [0.717, 1.165) is 38.2 Å². The lowest BCUT2D eigenvalue weighted by Crippen LogP contribution is -2.00. The third kappa shape index (κ3) is 2.79. The normalized spacial score (nSPS) is 11.4. The first-order chi connectivity index (χ1) is 13.6. The Morgan fingerprint density at radius 3 is 2.29 bits per heavy atom. The molecule has 136 valence electrons. The van der Waals surface area contributed by atoms with Crippen LogP contribution in [0.15, 0.2) is 71.2 Å². The molecular weight excluding hydrogens is 412 g/mol. The lowest BCUT2D eigenvalue weighted by molar-refractivity contribution is 1.07. The van der Waals surface area contributed by atoms with Gasteiger partial charge in [-0.2, -0.15) is 0 Å². The number of hydrogen-bond acceptors (Lipinski definition) is 3. The number of fused-ring (bicyclic) bond motifs is 2. The summed E-state index contributed by atoms with van der Waals surface area (Å²) in [6.07, 6.45) is 0. The topological polar surface area (TPSA) is 43.6 Å². The highest BCUT2D eigenvalue weighted by atomic mass is 79.9. The van der Waals surface area contributed by atoms with Crippen molar-refractivity contribution in [2.75, 3.05) is 0 Å². The van der Waals surface area contributed by atoms with Gasteiger partial charge in [0.2, 0.25) is 0 Å². The number of aromatic nitrogens is 4. The van der Waals surface area contributed by atoms with Crippen molar-refractivity contribution in [2.45, 2.75) is 13.8 Å². The Morgan fingerprint density at radius 1 is 0.750 bits per heavy atom. The van der Waals surface area contributed by atoms with Gasteiger partial charge in [-0.15, -0.1) is 0 Å². The van der Waals surface area contributed by atoms with Crippen molar-refractivity contribution >= 4 is 38.3 Å². The van der Waals surface area contributed by atoms with Crippen molar-refractivity contribution < 1.29 is 0 Å². The van der Waals surface area contributed by atoms with Gasteiger partial charge in [0.05, 0.1) is 11.0 Å². The molecule has 0 aliphatic carbocycles. The number of hydrogen-bond donors (Lipinski definition) is 0. The minimum atomic E-state index is 0.645. The molecule has 0 saturated carbocycles. The summed E-state index contributed by atoms with van der Waals surface area (Å²) in [6, 6.07) is 22.5. The maximum absolute atomic E-state index is 4.90. The zero-order valence-electron chi connectivity index (χ0n) is 15.5. The number of aryl methyl sites for hydroxylation is 2. The molecule has 0 N–H and O–H groups in total. The molecular formula is C23H17BrN4. The molecule has 0 unspecified atom stereocenters. The van der Waals surface area contributed by atoms with Crippen LogP contribution in [0, 0.1) is 13.8 Å². The average molecular weight is 429 g/mol. The van der Waals surface area contributed by atoms with Gasteiger partial charge in [-0.05, 0) is 61.4 Å². The SMILES string of the molecule is Cc1ccc(-n2c(-c3cccc(Br)c3)nc3nc4ccccc4nc32)cc1C. The Morgan fingerprint density at radius 2 is 1.54 bits per heavy atom. The second-order valence-corrected chi connectivity index (χ2v) is 7.82. The minimum Gasteiger partial charge on any atom is -0.275 e. The van der Waals surface area contributed by atoms with E-state index in [2.05, 4.69) is 64.7 Å². The third-order valence-corrected chi connectivity index (χ3v) is 5.49. The molecule has 0 fully saturated rings. The first kappa shape index (κ1) is 17.1. The van der Waals surface area contributed by atoms with E-state index in [1.54, 1.807) is 0 Å². The van der Waals surface area contributed by atoms with Crippen LogP contribution in [0.5, 0.6) is 0 Å². The Labute approximate surface area is 171 Å². The van der Waals surface area contributed by atoms with Gasteiger partial charge >= 0.3 is 0 Å². The summed E-state index contributed by atoms with van der Waals surface area (Å²) < 4.78 is 3.11. The summed E-state index contributed by atoms with van der Waals surface area (Å²) >= 11 is 3.57. The molecule has 0 saturated heterocycles. The van der Waals surface area contributed by atoms with Gasteiger partial charge in [-0.1, -0.05) is 46.3 Å². The highest BCUT2D eigenvalue weighted by molar-refractivity contribution is 9.10. The quantitative estimate of drug-likeness (QED) is 0.345. The van der Waals surface area contributed by atoms with Gasteiger partial charge in [0, 0.05) is 15.7 Å². The fourth-order valence-electron chi connectivity index (χ4n) is 3.39. The van der Waals surface area contributed by atoms with Gasteiger partial charge in [0.15, 0.2) is 11.3 Å². The smallest absolute Gasteiger partial charge is 0.199 e. The average Bonchev–Trinajstić information content (AvgIpc) is 3.06. The Kier molecular flexibility index (Phi) is 3.98. The molecule has 0 bridgehead atoms. The molecule has 5 aromatic rings. The maximum atomic E-state index is 4.90. The second kappa shape index (κ2) is 6.53. The van der Waals surface area contributed by atoms with Crippen LogP contribution in [-0.4, -0.2) is 19.5 Å². The fourth-order valence-corrected chi connectivity index (χ4v) is 3.79. The summed E-state index contributed by atoms with van der Waals surface area (Å²) in [4.78, 5) is 14.5. The summed E-state index contributed by atoms with van der Waals surface area (Å²) in [7, 11) is 0. The number of rotatable bonds is 2. The van der Waals surface area contributed by atoms with Crippen molar-refractivity contribution in [1.82, 2.24) is 19.5 Å². The van der Waals surface area contributed by atoms with Crippen molar-refractivity contribution in [3.63, 3.8) is 0 Å². The molecule has 0 aliphatic heterocycles. The molecule has 3 aromatic carbocycles. The molecule has 0 atom stereocenters. The second-order valence-electron chi connectivity index (χ2n) is 6.91. The van der Waals surface area contributed by atoms with Crippen LogP contribution in [0.1, 0.15) is 11.1 Å². The molecule has 28 heavy (non-hydrogen) atoms. The monoisotopic (exact) mass is 428 g/mol. The Hall–Kier alpha value is -3.05. The lowest BCUT2D eigenvalue weighted by Gasteiger charge is -2.11. The number of halogens is 1. The van der Waals surface area contributed by atoms with E-state index >= 15 is 0 Å². The van der Waals surface area contributed by atoms with Gasteiger partial charge in [-0.3, -0.25) is 4.57 Å².